The monoisotopic (exact) mass is 544 g/mol. The van der Waals surface area contributed by atoms with Crippen LogP contribution in [0.25, 0.3) is 22.3 Å². The first kappa shape index (κ1) is 26.1. The Labute approximate surface area is 242 Å². The summed E-state index contributed by atoms with van der Waals surface area (Å²) in [6.45, 7) is 4.98. The molecule has 0 spiro atoms. The summed E-state index contributed by atoms with van der Waals surface area (Å²) in [4.78, 5) is 0. The Kier molecular flexibility index (Phi) is 7.35. The Balaban J connectivity index is 1.21. The molecule has 0 amide bonds. The van der Waals surface area contributed by atoms with Crippen LogP contribution in [0.3, 0.4) is 0 Å². The smallest absolute Gasteiger partial charge is 0.127 e. The van der Waals surface area contributed by atoms with Crippen LogP contribution < -0.4 is 9.47 Å². The van der Waals surface area contributed by atoms with Crippen molar-refractivity contribution in [1.29, 1.82) is 0 Å². The van der Waals surface area contributed by atoms with Crippen LogP contribution >= 0.6 is 0 Å². The fraction of sp³-hybridized carbons (Fsp3) is 0.297. The molecule has 7 rings (SSSR count). The van der Waals surface area contributed by atoms with Gasteiger partial charge in [0.1, 0.15) is 36.9 Å². The van der Waals surface area contributed by atoms with Gasteiger partial charge >= 0.3 is 0 Å². The molecule has 0 radical (unpaired) electrons. The average Bonchev–Trinajstić information content (AvgIpc) is 3.96. The number of rotatable bonds is 10. The van der Waals surface area contributed by atoms with Gasteiger partial charge < -0.3 is 18.9 Å². The van der Waals surface area contributed by atoms with Gasteiger partial charge in [0.05, 0.1) is 13.2 Å². The molecular formula is C37H36O4. The van der Waals surface area contributed by atoms with Crippen molar-refractivity contribution >= 4 is 11.1 Å². The molecule has 2 fully saturated rings. The summed E-state index contributed by atoms with van der Waals surface area (Å²) >= 11 is 0. The van der Waals surface area contributed by atoms with Crippen LogP contribution in [-0.2, 0) is 9.47 Å². The van der Waals surface area contributed by atoms with Gasteiger partial charge in [-0.1, -0.05) is 72.8 Å². The molecule has 0 aromatic heterocycles. The lowest BCUT2D eigenvalue weighted by Crippen LogP contribution is -2.10. The largest absolute Gasteiger partial charge is 0.491 e. The molecule has 0 bridgehead atoms. The van der Waals surface area contributed by atoms with Gasteiger partial charge in [-0.05, 0) is 95.3 Å². The van der Waals surface area contributed by atoms with Crippen LogP contribution in [0.5, 0.6) is 11.5 Å². The molecule has 4 aromatic carbocycles. The fourth-order valence-electron chi connectivity index (χ4n) is 5.94. The Bertz CT molecular complexity index is 1530. The lowest BCUT2D eigenvalue weighted by Gasteiger charge is -2.29. The van der Waals surface area contributed by atoms with Crippen molar-refractivity contribution in [1.82, 2.24) is 0 Å². The van der Waals surface area contributed by atoms with Gasteiger partial charge in [0.25, 0.3) is 0 Å². The molecule has 1 aliphatic carbocycles. The van der Waals surface area contributed by atoms with Crippen molar-refractivity contribution in [2.24, 2.45) is 0 Å². The first-order chi connectivity index (χ1) is 20.2. The molecule has 0 saturated carbocycles. The van der Waals surface area contributed by atoms with Gasteiger partial charge in [-0.2, -0.15) is 0 Å². The van der Waals surface area contributed by atoms with E-state index < -0.39 is 0 Å². The average molecular weight is 545 g/mol. The number of allylic oxidation sites excluding steroid dienone is 2. The number of epoxide rings is 2. The van der Waals surface area contributed by atoms with E-state index in [2.05, 4.69) is 104 Å². The number of hydrogen-bond acceptors (Lipinski definition) is 4. The van der Waals surface area contributed by atoms with E-state index in [1.807, 2.05) is 0 Å². The first-order valence-corrected chi connectivity index (χ1v) is 14.8. The summed E-state index contributed by atoms with van der Waals surface area (Å²) in [5.74, 6) is 2.31. The summed E-state index contributed by atoms with van der Waals surface area (Å²) < 4.78 is 23.0. The van der Waals surface area contributed by atoms with Crippen molar-refractivity contribution in [2.75, 3.05) is 26.4 Å². The lowest BCUT2D eigenvalue weighted by atomic mass is 9.75. The molecule has 2 aliphatic heterocycles. The zero-order valence-electron chi connectivity index (χ0n) is 23.6. The summed E-state index contributed by atoms with van der Waals surface area (Å²) in [5, 5.41) is 0. The number of ether oxygens (including phenoxy) is 4. The van der Waals surface area contributed by atoms with Gasteiger partial charge in [0.15, 0.2) is 0 Å². The van der Waals surface area contributed by atoms with Gasteiger partial charge in [0.2, 0.25) is 0 Å². The SMILES string of the molecule is Cc1cc(C2=C(c3ccccc3)CC(c3ccc(OCC4CO4)c(-c4ccccc4)c3)CC2)ccc1OCC1CO1. The van der Waals surface area contributed by atoms with E-state index >= 15 is 0 Å². The summed E-state index contributed by atoms with van der Waals surface area (Å²) in [6, 6.07) is 34.9. The molecule has 3 unspecified atom stereocenters. The van der Waals surface area contributed by atoms with Gasteiger partial charge in [-0.25, -0.2) is 0 Å². The number of aryl methyl sites for hydroxylation is 1. The maximum Gasteiger partial charge on any atom is 0.127 e. The lowest BCUT2D eigenvalue weighted by molar-refractivity contribution is 0.262. The highest BCUT2D eigenvalue weighted by Crippen LogP contribution is 2.46. The topological polar surface area (TPSA) is 43.5 Å². The third-order valence-corrected chi connectivity index (χ3v) is 8.42. The normalized spacial score (nSPS) is 21.4. The van der Waals surface area contributed by atoms with Gasteiger partial charge in [-0.3, -0.25) is 0 Å². The molecule has 0 N–H and O–H groups in total. The second-order valence-electron chi connectivity index (χ2n) is 11.4. The summed E-state index contributed by atoms with van der Waals surface area (Å²) in [6.07, 6.45) is 3.62. The van der Waals surface area contributed by atoms with E-state index in [1.165, 1.54) is 39.0 Å². The highest BCUT2D eigenvalue weighted by Gasteiger charge is 2.27. The van der Waals surface area contributed by atoms with Crippen molar-refractivity contribution < 1.29 is 18.9 Å². The third-order valence-electron chi connectivity index (χ3n) is 8.42. The number of hydrogen-bond donors (Lipinski definition) is 0. The van der Waals surface area contributed by atoms with Crippen molar-refractivity contribution in [3.63, 3.8) is 0 Å². The molecule has 4 nitrogen and oxygen atoms in total. The molecule has 3 atom stereocenters. The maximum atomic E-state index is 6.23. The van der Waals surface area contributed by atoms with Crippen molar-refractivity contribution in [2.45, 2.75) is 44.3 Å². The van der Waals surface area contributed by atoms with Crippen molar-refractivity contribution in [3.8, 4) is 22.6 Å². The molecule has 208 valence electrons. The van der Waals surface area contributed by atoms with Crippen LogP contribution in [0.4, 0.5) is 0 Å². The minimum atomic E-state index is 0.227. The van der Waals surface area contributed by atoms with E-state index in [0.717, 1.165) is 49.5 Å². The van der Waals surface area contributed by atoms with Crippen LogP contribution in [0.1, 0.15) is 47.4 Å². The standard InChI is InChI=1S/C37H36O4/c1-25-18-30(14-16-36(25)40-23-31-21-38-31)33-15-12-28(19-34(33)26-8-4-2-5-9-26)29-13-17-37(41-24-32-22-39-32)35(20-29)27-10-6-3-7-11-27/h2-11,13-14,16-18,20,28,31-32H,12,15,19,21-24H2,1H3. The van der Waals surface area contributed by atoms with E-state index in [0.29, 0.717) is 19.1 Å². The van der Waals surface area contributed by atoms with E-state index in [-0.39, 0.29) is 12.2 Å². The molecule has 4 heteroatoms. The second kappa shape index (κ2) is 11.6. The predicted octanol–water partition coefficient (Wildman–Crippen LogP) is 8.10. The Hall–Kier alpha value is -3.86. The van der Waals surface area contributed by atoms with Crippen LogP contribution in [0.2, 0.25) is 0 Å². The highest BCUT2D eigenvalue weighted by molar-refractivity contribution is 5.92. The molecule has 2 heterocycles. The van der Waals surface area contributed by atoms with Gasteiger partial charge in [0, 0.05) is 5.56 Å². The maximum absolute atomic E-state index is 6.23. The predicted molar refractivity (Wildman–Crippen MR) is 163 cm³/mol. The molecule has 41 heavy (non-hydrogen) atoms. The fourth-order valence-corrected chi connectivity index (χ4v) is 5.94. The van der Waals surface area contributed by atoms with E-state index in [4.69, 9.17) is 18.9 Å². The van der Waals surface area contributed by atoms with Crippen LogP contribution in [0, 0.1) is 6.92 Å². The molecule has 3 aliphatic rings. The first-order valence-electron chi connectivity index (χ1n) is 14.8. The van der Waals surface area contributed by atoms with Crippen LogP contribution in [0.15, 0.2) is 97.1 Å². The van der Waals surface area contributed by atoms with Crippen molar-refractivity contribution in [3.05, 3.63) is 119 Å². The van der Waals surface area contributed by atoms with Gasteiger partial charge in [-0.15, -0.1) is 0 Å². The highest BCUT2D eigenvalue weighted by atomic mass is 16.6. The minimum Gasteiger partial charge on any atom is -0.491 e. The van der Waals surface area contributed by atoms with E-state index in [1.54, 1.807) is 0 Å². The summed E-state index contributed by atoms with van der Waals surface area (Å²) in [5.41, 5.74) is 10.4. The quantitative estimate of drug-likeness (QED) is 0.189. The van der Waals surface area contributed by atoms with Crippen LogP contribution in [-0.4, -0.2) is 38.6 Å². The molecule has 2 saturated heterocycles. The Morgan fingerprint density at radius 3 is 1.95 bits per heavy atom. The minimum absolute atomic E-state index is 0.227. The zero-order chi connectivity index (χ0) is 27.6. The molecular weight excluding hydrogens is 508 g/mol. The Morgan fingerprint density at radius 2 is 1.29 bits per heavy atom. The van der Waals surface area contributed by atoms with E-state index in [9.17, 15) is 0 Å². The molecule has 4 aromatic rings. The number of benzene rings is 4. The Morgan fingerprint density at radius 1 is 0.659 bits per heavy atom. The zero-order valence-corrected chi connectivity index (χ0v) is 23.6. The summed E-state index contributed by atoms with van der Waals surface area (Å²) in [7, 11) is 0. The third kappa shape index (κ3) is 6.09. The second-order valence-corrected chi connectivity index (χ2v) is 11.4.